The van der Waals surface area contributed by atoms with Gasteiger partial charge in [0.2, 0.25) is 0 Å². The van der Waals surface area contributed by atoms with Crippen molar-refractivity contribution < 1.29 is 14.4 Å². The molecule has 0 aliphatic rings. The molecule has 0 spiro atoms. The van der Waals surface area contributed by atoms with Gasteiger partial charge >= 0.3 is 11.8 Å². The van der Waals surface area contributed by atoms with E-state index in [1.54, 1.807) is 49.4 Å². The Bertz CT molecular complexity index is 756. The molecular formula is C17H17N3O3. The normalized spacial score (nSPS) is 9.83. The van der Waals surface area contributed by atoms with E-state index in [9.17, 15) is 14.4 Å². The van der Waals surface area contributed by atoms with Crippen molar-refractivity contribution in [1.82, 2.24) is 10.9 Å². The molecule has 6 nitrogen and oxygen atoms in total. The summed E-state index contributed by atoms with van der Waals surface area (Å²) in [5.41, 5.74) is 6.97. The van der Waals surface area contributed by atoms with Crippen LogP contribution < -0.4 is 16.2 Å². The summed E-state index contributed by atoms with van der Waals surface area (Å²) in [5, 5.41) is 2.46. The zero-order valence-corrected chi connectivity index (χ0v) is 12.8. The lowest BCUT2D eigenvalue weighted by molar-refractivity contribution is -0.136. The number of hydrogen-bond acceptors (Lipinski definition) is 3. The van der Waals surface area contributed by atoms with Gasteiger partial charge in [0.25, 0.3) is 5.91 Å². The Morgan fingerprint density at radius 3 is 2.26 bits per heavy atom. The van der Waals surface area contributed by atoms with Gasteiger partial charge in [0.05, 0.1) is 0 Å². The number of nitrogens with one attached hydrogen (secondary N) is 3. The van der Waals surface area contributed by atoms with Gasteiger partial charge in [-0.15, -0.1) is 0 Å². The Morgan fingerprint density at radius 1 is 0.826 bits per heavy atom. The van der Waals surface area contributed by atoms with Crippen molar-refractivity contribution in [3.05, 3.63) is 65.2 Å². The number of rotatable bonds is 2. The number of hydrogen-bond donors (Lipinski definition) is 3. The summed E-state index contributed by atoms with van der Waals surface area (Å²) >= 11 is 0. The second-order valence-corrected chi connectivity index (χ2v) is 5.05. The molecule has 0 saturated heterocycles. The fourth-order valence-electron chi connectivity index (χ4n) is 1.98. The fourth-order valence-corrected chi connectivity index (χ4v) is 1.98. The van der Waals surface area contributed by atoms with Gasteiger partial charge in [-0.2, -0.15) is 0 Å². The third kappa shape index (κ3) is 4.41. The standard InChI is InChI=1S/C17H17N3O3/c1-11-6-5-8-13(10-11)18-16(22)17(23)20-19-15(21)14-9-4-3-7-12(14)2/h3-10H,1-2H3,(H,18,22)(H,19,21)(H,20,23). The second-order valence-electron chi connectivity index (χ2n) is 5.05. The van der Waals surface area contributed by atoms with Gasteiger partial charge in [-0.3, -0.25) is 25.2 Å². The lowest BCUT2D eigenvalue weighted by Crippen LogP contribution is -2.46. The van der Waals surface area contributed by atoms with Crippen LogP contribution in [0.25, 0.3) is 0 Å². The van der Waals surface area contributed by atoms with Crippen molar-refractivity contribution in [2.24, 2.45) is 0 Å². The molecule has 0 bridgehead atoms. The maximum absolute atomic E-state index is 11.9. The molecule has 0 unspecified atom stereocenters. The highest BCUT2D eigenvalue weighted by atomic mass is 16.2. The van der Waals surface area contributed by atoms with E-state index >= 15 is 0 Å². The Labute approximate surface area is 133 Å². The minimum absolute atomic E-state index is 0.423. The lowest BCUT2D eigenvalue weighted by Gasteiger charge is -2.09. The van der Waals surface area contributed by atoms with E-state index in [4.69, 9.17) is 0 Å². The molecule has 118 valence electrons. The Balaban J connectivity index is 1.90. The molecule has 0 aromatic heterocycles. The van der Waals surface area contributed by atoms with Gasteiger partial charge < -0.3 is 5.32 Å². The van der Waals surface area contributed by atoms with Crippen LogP contribution in [0.15, 0.2) is 48.5 Å². The molecule has 0 aliphatic heterocycles. The van der Waals surface area contributed by atoms with Gasteiger partial charge in [-0.1, -0.05) is 30.3 Å². The highest BCUT2D eigenvalue weighted by Crippen LogP contribution is 2.09. The van der Waals surface area contributed by atoms with E-state index in [-0.39, 0.29) is 0 Å². The number of carbonyl (C=O) groups is 3. The molecule has 0 radical (unpaired) electrons. The molecule has 3 N–H and O–H groups in total. The van der Waals surface area contributed by atoms with Gasteiger partial charge in [-0.25, -0.2) is 0 Å². The average Bonchev–Trinajstić information content (AvgIpc) is 2.52. The van der Waals surface area contributed by atoms with Crippen LogP contribution in [0.3, 0.4) is 0 Å². The first kappa shape index (κ1) is 16.2. The topological polar surface area (TPSA) is 87.3 Å². The van der Waals surface area contributed by atoms with Crippen molar-refractivity contribution >= 4 is 23.4 Å². The molecule has 0 heterocycles. The van der Waals surface area contributed by atoms with Crippen LogP contribution in [0, 0.1) is 13.8 Å². The SMILES string of the molecule is Cc1cccc(NC(=O)C(=O)NNC(=O)c2ccccc2C)c1. The summed E-state index contributed by atoms with van der Waals surface area (Å²) in [4.78, 5) is 35.4. The predicted octanol–water partition coefficient (Wildman–Crippen LogP) is 1.70. The van der Waals surface area contributed by atoms with Crippen LogP contribution >= 0.6 is 0 Å². The zero-order chi connectivity index (χ0) is 16.8. The maximum Gasteiger partial charge on any atom is 0.328 e. The van der Waals surface area contributed by atoms with Crippen LogP contribution in [-0.2, 0) is 9.59 Å². The first-order valence-corrected chi connectivity index (χ1v) is 7.01. The number of carbonyl (C=O) groups excluding carboxylic acids is 3. The van der Waals surface area contributed by atoms with Gasteiger partial charge in [-0.05, 0) is 43.2 Å². The van der Waals surface area contributed by atoms with E-state index in [2.05, 4.69) is 16.2 Å². The van der Waals surface area contributed by atoms with Crippen LogP contribution in [-0.4, -0.2) is 17.7 Å². The average molecular weight is 311 g/mol. The first-order chi connectivity index (χ1) is 11.0. The number of amides is 3. The van der Waals surface area contributed by atoms with E-state index in [0.29, 0.717) is 11.3 Å². The summed E-state index contributed by atoms with van der Waals surface area (Å²) in [6.07, 6.45) is 0. The zero-order valence-electron chi connectivity index (χ0n) is 12.8. The predicted molar refractivity (Wildman–Crippen MR) is 86.6 cm³/mol. The molecule has 3 amide bonds. The van der Waals surface area contributed by atoms with E-state index in [1.165, 1.54) is 0 Å². The molecule has 0 aliphatic carbocycles. The van der Waals surface area contributed by atoms with Crippen LogP contribution in [0.2, 0.25) is 0 Å². The van der Waals surface area contributed by atoms with Crippen LogP contribution in [0.4, 0.5) is 5.69 Å². The smallest absolute Gasteiger partial charge is 0.318 e. The molecule has 2 aromatic carbocycles. The molecule has 23 heavy (non-hydrogen) atoms. The summed E-state index contributed by atoms with van der Waals surface area (Å²) in [6, 6.07) is 14.0. The van der Waals surface area contributed by atoms with Crippen molar-refractivity contribution in [1.29, 1.82) is 0 Å². The Hall–Kier alpha value is -3.15. The highest BCUT2D eigenvalue weighted by Gasteiger charge is 2.15. The minimum atomic E-state index is -0.951. The highest BCUT2D eigenvalue weighted by molar-refractivity contribution is 6.39. The minimum Gasteiger partial charge on any atom is -0.318 e. The van der Waals surface area contributed by atoms with Crippen molar-refractivity contribution in [2.45, 2.75) is 13.8 Å². The van der Waals surface area contributed by atoms with Crippen molar-refractivity contribution in [2.75, 3.05) is 5.32 Å². The van der Waals surface area contributed by atoms with Crippen molar-refractivity contribution in [3.63, 3.8) is 0 Å². The molecule has 0 atom stereocenters. The van der Waals surface area contributed by atoms with E-state index in [1.807, 2.05) is 13.0 Å². The molecule has 6 heteroatoms. The third-order valence-corrected chi connectivity index (χ3v) is 3.16. The fraction of sp³-hybridized carbons (Fsp3) is 0.118. The molecule has 2 rings (SSSR count). The monoisotopic (exact) mass is 311 g/mol. The molecule has 0 fully saturated rings. The van der Waals surface area contributed by atoms with Crippen LogP contribution in [0.1, 0.15) is 21.5 Å². The summed E-state index contributed by atoms with van der Waals surface area (Å²) in [6.45, 7) is 3.65. The van der Waals surface area contributed by atoms with E-state index in [0.717, 1.165) is 11.1 Å². The second kappa shape index (κ2) is 7.22. The number of aryl methyl sites for hydroxylation is 2. The number of benzene rings is 2. The first-order valence-electron chi connectivity index (χ1n) is 7.01. The van der Waals surface area contributed by atoms with Crippen molar-refractivity contribution in [3.8, 4) is 0 Å². The molecular weight excluding hydrogens is 294 g/mol. The molecule has 0 saturated carbocycles. The van der Waals surface area contributed by atoms with Crippen LogP contribution in [0.5, 0.6) is 0 Å². The number of hydrazine groups is 1. The lowest BCUT2D eigenvalue weighted by atomic mass is 10.1. The van der Waals surface area contributed by atoms with Gasteiger partial charge in [0.15, 0.2) is 0 Å². The Morgan fingerprint density at radius 2 is 1.57 bits per heavy atom. The Kier molecular flexibility index (Phi) is 5.09. The number of anilines is 1. The van der Waals surface area contributed by atoms with Gasteiger partial charge in [0.1, 0.15) is 0 Å². The quantitative estimate of drug-likeness (QED) is 0.583. The summed E-state index contributed by atoms with van der Waals surface area (Å²) in [7, 11) is 0. The van der Waals surface area contributed by atoms with Gasteiger partial charge in [0, 0.05) is 11.3 Å². The van der Waals surface area contributed by atoms with E-state index < -0.39 is 17.7 Å². The summed E-state index contributed by atoms with van der Waals surface area (Å²) < 4.78 is 0. The maximum atomic E-state index is 11.9. The third-order valence-electron chi connectivity index (χ3n) is 3.16. The summed E-state index contributed by atoms with van der Waals surface area (Å²) in [5.74, 6) is -2.30. The largest absolute Gasteiger partial charge is 0.328 e. The molecule has 2 aromatic rings.